The van der Waals surface area contributed by atoms with Gasteiger partial charge in [0.05, 0.1) is 5.69 Å². The van der Waals surface area contributed by atoms with Gasteiger partial charge >= 0.3 is 12.0 Å². The highest BCUT2D eigenvalue weighted by Gasteiger charge is 2.29. The number of imide groups is 1. The maximum absolute atomic E-state index is 11.7. The number of ether oxygens (including phenoxy) is 1. The first-order valence-corrected chi connectivity index (χ1v) is 8.28. The Kier molecular flexibility index (Phi) is 5.85. The number of rotatable bonds is 7. The minimum atomic E-state index is -0.704. The summed E-state index contributed by atoms with van der Waals surface area (Å²) in [6, 6.07) is -1.26. The summed E-state index contributed by atoms with van der Waals surface area (Å²) in [5, 5.41) is 6.78. The van der Waals surface area contributed by atoms with Gasteiger partial charge in [-0.1, -0.05) is 0 Å². The summed E-state index contributed by atoms with van der Waals surface area (Å²) in [6.45, 7) is 3.81. The van der Waals surface area contributed by atoms with Crippen LogP contribution in [0.5, 0.6) is 0 Å². The SMILES string of the molecule is CCN(C(C)=O)c1nc(COC(=O)CC[C@H]2NC(=O)NC2=O)cs1. The third-order valence-electron chi connectivity index (χ3n) is 3.34. The molecular formula is C14H18N4O5S. The Morgan fingerprint density at radius 3 is 2.75 bits per heavy atom. The van der Waals surface area contributed by atoms with Crippen LogP contribution in [0.4, 0.5) is 9.93 Å². The smallest absolute Gasteiger partial charge is 0.322 e. The predicted molar refractivity (Wildman–Crippen MR) is 85.3 cm³/mol. The second kappa shape index (κ2) is 7.86. The third-order valence-corrected chi connectivity index (χ3v) is 4.26. The normalized spacial score (nSPS) is 16.5. The number of hydrogen-bond donors (Lipinski definition) is 2. The van der Waals surface area contributed by atoms with E-state index in [1.165, 1.54) is 23.2 Å². The van der Waals surface area contributed by atoms with Crippen LogP contribution in [-0.4, -0.2) is 41.4 Å². The Hall–Kier alpha value is -2.49. The summed E-state index contributed by atoms with van der Waals surface area (Å²) >= 11 is 1.30. The second-order valence-electron chi connectivity index (χ2n) is 5.10. The molecule has 2 rings (SSSR count). The van der Waals surface area contributed by atoms with Crippen LogP contribution in [0.3, 0.4) is 0 Å². The molecule has 0 saturated carbocycles. The van der Waals surface area contributed by atoms with Gasteiger partial charge in [0.25, 0.3) is 5.91 Å². The van der Waals surface area contributed by atoms with Crippen molar-refractivity contribution in [3.8, 4) is 0 Å². The average Bonchev–Trinajstić information content (AvgIpc) is 3.10. The summed E-state index contributed by atoms with van der Waals surface area (Å²) in [5.41, 5.74) is 0.551. The van der Waals surface area contributed by atoms with Crippen LogP contribution in [0.1, 0.15) is 32.4 Å². The standard InChI is InChI=1S/C14H18N4O5S/c1-3-18(8(2)19)14-15-9(7-24-14)6-23-11(20)5-4-10-12(21)17-13(22)16-10/h7,10H,3-6H2,1-2H3,(H2,16,17,21,22)/t10-/m1/s1. The topological polar surface area (TPSA) is 118 Å². The lowest BCUT2D eigenvalue weighted by atomic mass is 10.1. The number of hydrogen-bond acceptors (Lipinski definition) is 7. The number of anilines is 1. The molecule has 1 fully saturated rings. The molecule has 1 aliphatic heterocycles. The molecule has 0 spiro atoms. The van der Waals surface area contributed by atoms with Crippen LogP contribution in [0.2, 0.25) is 0 Å². The fourth-order valence-electron chi connectivity index (χ4n) is 2.13. The molecule has 130 valence electrons. The van der Waals surface area contributed by atoms with Crippen molar-refractivity contribution in [2.75, 3.05) is 11.4 Å². The maximum Gasteiger partial charge on any atom is 0.322 e. The van der Waals surface area contributed by atoms with Crippen molar-refractivity contribution in [1.82, 2.24) is 15.6 Å². The lowest BCUT2D eigenvalue weighted by molar-refractivity contribution is -0.145. The molecule has 1 aromatic heterocycles. The first kappa shape index (κ1) is 17.9. The van der Waals surface area contributed by atoms with Gasteiger partial charge in [0, 0.05) is 25.3 Å². The molecule has 9 nitrogen and oxygen atoms in total. The van der Waals surface area contributed by atoms with Gasteiger partial charge in [-0.05, 0) is 13.3 Å². The molecule has 1 aromatic rings. The second-order valence-corrected chi connectivity index (χ2v) is 5.94. The lowest BCUT2D eigenvalue weighted by Crippen LogP contribution is -2.29. The molecule has 2 N–H and O–H groups in total. The minimum absolute atomic E-state index is 0.00386. The summed E-state index contributed by atoms with van der Waals surface area (Å²) in [5.74, 6) is -1.04. The summed E-state index contributed by atoms with van der Waals surface area (Å²) in [7, 11) is 0. The molecule has 0 unspecified atom stereocenters. The lowest BCUT2D eigenvalue weighted by Gasteiger charge is -2.14. The number of esters is 1. The number of thiazole rings is 1. The first-order chi connectivity index (χ1) is 11.4. The zero-order chi connectivity index (χ0) is 17.7. The molecule has 10 heteroatoms. The monoisotopic (exact) mass is 354 g/mol. The minimum Gasteiger partial charge on any atom is -0.459 e. The molecule has 0 bridgehead atoms. The number of aromatic nitrogens is 1. The van der Waals surface area contributed by atoms with E-state index in [0.29, 0.717) is 17.4 Å². The number of nitrogens with zero attached hydrogens (tertiary/aromatic N) is 2. The number of amides is 4. The number of urea groups is 1. The predicted octanol–water partition coefficient (Wildman–Crippen LogP) is 0.547. The van der Waals surface area contributed by atoms with Gasteiger partial charge in [-0.3, -0.25) is 24.6 Å². The fourth-order valence-corrected chi connectivity index (χ4v) is 3.05. The summed E-state index contributed by atoms with van der Waals surface area (Å²) in [4.78, 5) is 51.2. The highest BCUT2D eigenvalue weighted by Crippen LogP contribution is 2.21. The number of carbonyl (C=O) groups is 4. The number of carbonyl (C=O) groups excluding carboxylic acids is 4. The Labute approximate surface area is 142 Å². The average molecular weight is 354 g/mol. The fraction of sp³-hybridized carbons (Fsp3) is 0.500. The van der Waals surface area contributed by atoms with E-state index in [0.717, 1.165) is 0 Å². The molecule has 1 saturated heterocycles. The molecular weight excluding hydrogens is 336 g/mol. The zero-order valence-electron chi connectivity index (χ0n) is 13.3. The summed E-state index contributed by atoms with van der Waals surface area (Å²) < 4.78 is 5.09. The van der Waals surface area contributed by atoms with Crippen LogP contribution < -0.4 is 15.5 Å². The molecule has 24 heavy (non-hydrogen) atoms. The van der Waals surface area contributed by atoms with E-state index in [-0.39, 0.29) is 25.4 Å². The van der Waals surface area contributed by atoms with E-state index in [9.17, 15) is 19.2 Å². The van der Waals surface area contributed by atoms with Gasteiger partial charge in [-0.15, -0.1) is 11.3 Å². The quantitative estimate of drug-likeness (QED) is 0.545. The Bertz CT molecular complexity index is 659. The van der Waals surface area contributed by atoms with E-state index in [4.69, 9.17) is 4.74 Å². The van der Waals surface area contributed by atoms with Crippen molar-refractivity contribution in [2.24, 2.45) is 0 Å². The van der Waals surface area contributed by atoms with Crippen LogP contribution in [0.15, 0.2) is 5.38 Å². The van der Waals surface area contributed by atoms with Crippen LogP contribution >= 0.6 is 11.3 Å². The molecule has 0 aliphatic carbocycles. The van der Waals surface area contributed by atoms with Crippen LogP contribution in [0, 0.1) is 0 Å². The van der Waals surface area contributed by atoms with Gasteiger partial charge in [0.15, 0.2) is 5.13 Å². The molecule has 0 radical (unpaired) electrons. The third kappa shape index (κ3) is 4.51. The highest BCUT2D eigenvalue weighted by atomic mass is 32.1. The number of nitrogens with one attached hydrogen (secondary N) is 2. The first-order valence-electron chi connectivity index (χ1n) is 7.40. The van der Waals surface area contributed by atoms with E-state index < -0.39 is 23.9 Å². The molecule has 1 atom stereocenters. The van der Waals surface area contributed by atoms with Gasteiger partial charge in [-0.25, -0.2) is 9.78 Å². The van der Waals surface area contributed by atoms with Gasteiger partial charge < -0.3 is 10.1 Å². The Balaban J connectivity index is 1.78. The Morgan fingerprint density at radius 1 is 1.42 bits per heavy atom. The van der Waals surface area contributed by atoms with Gasteiger partial charge in [0.1, 0.15) is 12.6 Å². The van der Waals surface area contributed by atoms with Gasteiger partial charge in [0.2, 0.25) is 5.91 Å². The van der Waals surface area contributed by atoms with Gasteiger partial charge in [-0.2, -0.15) is 0 Å². The Morgan fingerprint density at radius 2 is 2.17 bits per heavy atom. The van der Waals surface area contributed by atoms with Crippen molar-refractivity contribution in [3.05, 3.63) is 11.1 Å². The molecule has 0 aromatic carbocycles. The van der Waals surface area contributed by atoms with Crippen molar-refractivity contribution in [2.45, 2.75) is 39.3 Å². The molecule has 2 heterocycles. The van der Waals surface area contributed by atoms with Crippen LogP contribution in [-0.2, 0) is 25.7 Å². The van der Waals surface area contributed by atoms with Crippen LogP contribution in [0.25, 0.3) is 0 Å². The van der Waals surface area contributed by atoms with E-state index in [1.54, 1.807) is 5.38 Å². The van der Waals surface area contributed by atoms with E-state index in [1.807, 2.05) is 6.92 Å². The molecule has 4 amide bonds. The van der Waals surface area contributed by atoms with Crippen molar-refractivity contribution in [1.29, 1.82) is 0 Å². The summed E-state index contributed by atoms with van der Waals surface area (Å²) in [6.07, 6.45) is 0.177. The van der Waals surface area contributed by atoms with E-state index in [2.05, 4.69) is 15.6 Å². The van der Waals surface area contributed by atoms with Crippen molar-refractivity contribution < 1.29 is 23.9 Å². The highest BCUT2D eigenvalue weighted by molar-refractivity contribution is 7.14. The zero-order valence-corrected chi connectivity index (χ0v) is 14.1. The largest absolute Gasteiger partial charge is 0.459 e. The molecule has 1 aliphatic rings. The maximum atomic E-state index is 11.7. The van der Waals surface area contributed by atoms with E-state index >= 15 is 0 Å². The van der Waals surface area contributed by atoms with Crippen molar-refractivity contribution >= 4 is 40.3 Å². The van der Waals surface area contributed by atoms with Crippen molar-refractivity contribution in [3.63, 3.8) is 0 Å².